The van der Waals surface area contributed by atoms with Crippen LogP contribution in [0.25, 0.3) is 0 Å². The highest BCUT2D eigenvalue weighted by atomic mass is 16.5. The lowest BCUT2D eigenvalue weighted by atomic mass is 10.1. The molecule has 0 aliphatic heterocycles. The fraction of sp³-hybridized carbons (Fsp3) is 0.286. The topological polar surface area (TPSA) is 47.6 Å². The maximum atomic E-state index is 12.5. The molecular weight excluding hydrogens is 314 g/mol. The Morgan fingerprint density at radius 3 is 2.60 bits per heavy atom. The zero-order valence-electron chi connectivity index (χ0n) is 15.3. The van der Waals surface area contributed by atoms with E-state index in [4.69, 9.17) is 9.47 Å². The second kappa shape index (κ2) is 8.38. The van der Waals surface area contributed by atoms with Crippen molar-refractivity contribution in [1.82, 2.24) is 0 Å². The number of anilines is 1. The molecule has 0 fully saturated rings. The molecule has 2 aromatic rings. The van der Waals surface area contributed by atoms with E-state index in [0.29, 0.717) is 18.0 Å². The molecule has 1 unspecified atom stereocenters. The molecule has 0 spiro atoms. The number of hydrogen-bond acceptors (Lipinski definition) is 3. The maximum absolute atomic E-state index is 12.5. The maximum Gasteiger partial charge on any atom is 0.265 e. The van der Waals surface area contributed by atoms with Crippen molar-refractivity contribution in [2.75, 3.05) is 11.9 Å². The van der Waals surface area contributed by atoms with E-state index in [1.807, 2.05) is 57.2 Å². The van der Waals surface area contributed by atoms with Gasteiger partial charge in [0.2, 0.25) is 0 Å². The number of nitrogens with one attached hydrogen (secondary N) is 1. The van der Waals surface area contributed by atoms with Crippen molar-refractivity contribution >= 4 is 11.6 Å². The van der Waals surface area contributed by atoms with Gasteiger partial charge in [-0.05, 0) is 62.6 Å². The molecule has 1 atom stereocenters. The molecule has 0 radical (unpaired) electrons. The van der Waals surface area contributed by atoms with Gasteiger partial charge in [-0.2, -0.15) is 0 Å². The standard InChI is InChI=1S/C21H25NO3/c1-14(2)13-24-19-9-7-6-8-18(19)22-21(23)17(5)25-20-12-15(3)10-11-16(20)4/h6-12,17H,1,13H2,2-5H3,(H,22,23). The highest BCUT2D eigenvalue weighted by Gasteiger charge is 2.17. The summed E-state index contributed by atoms with van der Waals surface area (Å²) in [6.45, 7) is 11.8. The summed E-state index contributed by atoms with van der Waals surface area (Å²) >= 11 is 0. The molecule has 0 heterocycles. The predicted molar refractivity (Wildman–Crippen MR) is 101 cm³/mol. The molecule has 2 rings (SSSR count). The fourth-order valence-electron chi connectivity index (χ4n) is 2.21. The van der Waals surface area contributed by atoms with Crippen molar-refractivity contribution in [3.8, 4) is 11.5 Å². The molecule has 4 nitrogen and oxygen atoms in total. The van der Waals surface area contributed by atoms with Crippen molar-refractivity contribution in [2.24, 2.45) is 0 Å². The lowest BCUT2D eigenvalue weighted by Gasteiger charge is -2.18. The summed E-state index contributed by atoms with van der Waals surface area (Å²) in [5, 5.41) is 2.87. The smallest absolute Gasteiger partial charge is 0.265 e. The summed E-state index contributed by atoms with van der Waals surface area (Å²) in [6, 6.07) is 13.3. The van der Waals surface area contributed by atoms with Crippen LogP contribution in [-0.4, -0.2) is 18.6 Å². The van der Waals surface area contributed by atoms with E-state index in [1.165, 1.54) is 0 Å². The van der Waals surface area contributed by atoms with Gasteiger partial charge in [-0.1, -0.05) is 30.8 Å². The Bertz CT molecular complexity index is 767. The Morgan fingerprint density at radius 2 is 1.88 bits per heavy atom. The van der Waals surface area contributed by atoms with Crippen molar-refractivity contribution in [1.29, 1.82) is 0 Å². The van der Waals surface area contributed by atoms with Gasteiger partial charge < -0.3 is 14.8 Å². The summed E-state index contributed by atoms with van der Waals surface area (Å²) in [6.07, 6.45) is -0.630. The van der Waals surface area contributed by atoms with Crippen LogP contribution < -0.4 is 14.8 Å². The van der Waals surface area contributed by atoms with Gasteiger partial charge in [0.25, 0.3) is 5.91 Å². The Labute approximate surface area is 149 Å². The monoisotopic (exact) mass is 339 g/mol. The zero-order valence-corrected chi connectivity index (χ0v) is 15.3. The first-order valence-corrected chi connectivity index (χ1v) is 8.28. The first kappa shape index (κ1) is 18.6. The normalized spacial score (nSPS) is 11.5. The van der Waals surface area contributed by atoms with Crippen LogP contribution in [0.3, 0.4) is 0 Å². The number of ether oxygens (including phenoxy) is 2. The van der Waals surface area contributed by atoms with E-state index in [0.717, 1.165) is 22.4 Å². The van der Waals surface area contributed by atoms with Crippen LogP contribution in [0.4, 0.5) is 5.69 Å². The van der Waals surface area contributed by atoms with Gasteiger partial charge in [0, 0.05) is 0 Å². The van der Waals surface area contributed by atoms with Gasteiger partial charge >= 0.3 is 0 Å². The van der Waals surface area contributed by atoms with Crippen LogP contribution in [0.2, 0.25) is 0 Å². The summed E-state index contributed by atoms with van der Waals surface area (Å²) in [7, 11) is 0. The molecule has 0 saturated heterocycles. The first-order chi connectivity index (χ1) is 11.9. The van der Waals surface area contributed by atoms with Gasteiger partial charge in [0.15, 0.2) is 6.10 Å². The van der Waals surface area contributed by atoms with Crippen molar-refractivity contribution in [2.45, 2.75) is 33.8 Å². The second-order valence-corrected chi connectivity index (χ2v) is 6.26. The average Bonchev–Trinajstić information content (AvgIpc) is 2.57. The molecule has 1 N–H and O–H groups in total. The van der Waals surface area contributed by atoms with E-state index < -0.39 is 6.10 Å². The molecular formula is C21H25NO3. The Hall–Kier alpha value is -2.75. The van der Waals surface area contributed by atoms with Crippen LogP contribution in [-0.2, 0) is 4.79 Å². The number of benzene rings is 2. The molecule has 0 aliphatic carbocycles. The largest absolute Gasteiger partial charge is 0.487 e. The third-order valence-electron chi connectivity index (χ3n) is 3.64. The number of carbonyl (C=O) groups excluding carboxylic acids is 1. The Morgan fingerprint density at radius 1 is 1.16 bits per heavy atom. The van der Waals surface area contributed by atoms with Gasteiger partial charge in [0.1, 0.15) is 18.1 Å². The number of hydrogen-bond donors (Lipinski definition) is 1. The molecule has 0 saturated carbocycles. The molecule has 0 aromatic heterocycles. The Kier molecular flexibility index (Phi) is 6.23. The fourth-order valence-corrected chi connectivity index (χ4v) is 2.21. The van der Waals surface area contributed by atoms with Gasteiger partial charge in [0.05, 0.1) is 5.69 Å². The van der Waals surface area contributed by atoms with E-state index >= 15 is 0 Å². The number of para-hydroxylation sites is 2. The molecule has 4 heteroatoms. The third kappa shape index (κ3) is 5.38. The Balaban J connectivity index is 2.06. The second-order valence-electron chi connectivity index (χ2n) is 6.26. The van der Waals surface area contributed by atoms with Gasteiger partial charge in [-0.25, -0.2) is 0 Å². The zero-order chi connectivity index (χ0) is 18.4. The average molecular weight is 339 g/mol. The van der Waals surface area contributed by atoms with Crippen molar-refractivity contribution in [3.05, 3.63) is 65.7 Å². The number of rotatable bonds is 7. The lowest BCUT2D eigenvalue weighted by molar-refractivity contribution is -0.122. The van der Waals surface area contributed by atoms with Gasteiger partial charge in [-0.3, -0.25) is 4.79 Å². The SMILES string of the molecule is C=C(C)COc1ccccc1NC(=O)C(C)Oc1cc(C)ccc1C. The number of carbonyl (C=O) groups is 1. The first-order valence-electron chi connectivity index (χ1n) is 8.28. The van der Waals surface area contributed by atoms with E-state index in [9.17, 15) is 4.79 Å². The van der Waals surface area contributed by atoms with E-state index in [1.54, 1.807) is 13.0 Å². The van der Waals surface area contributed by atoms with Crippen LogP contribution in [0, 0.1) is 13.8 Å². The van der Waals surface area contributed by atoms with Crippen LogP contribution >= 0.6 is 0 Å². The molecule has 0 aliphatic rings. The highest BCUT2D eigenvalue weighted by Crippen LogP contribution is 2.25. The summed E-state index contributed by atoms with van der Waals surface area (Å²) < 4.78 is 11.5. The number of aryl methyl sites for hydroxylation is 2. The van der Waals surface area contributed by atoms with Crippen molar-refractivity contribution < 1.29 is 14.3 Å². The summed E-state index contributed by atoms with van der Waals surface area (Å²) in [5.41, 5.74) is 3.61. The van der Waals surface area contributed by atoms with E-state index in [-0.39, 0.29) is 5.91 Å². The molecule has 1 amide bonds. The summed E-state index contributed by atoms with van der Waals surface area (Å²) in [5.74, 6) is 1.10. The van der Waals surface area contributed by atoms with Crippen molar-refractivity contribution in [3.63, 3.8) is 0 Å². The molecule has 132 valence electrons. The minimum Gasteiger partial charge on any atom is -0.487 e. The molecule has 25 heavy (non-hydrogen) atoms. The lowest BCUT2D eigenvalue weighted by Crippen LogP contribution is -2.30. The number of amides is 1. The van der Waals surface area contributed by atoms with Gasteiger partial charge in [-0.15, -0.1) is 0 Å². The minimum atomic E-state index is -0.630. The quantitative estimate of drug-likeness (QED) is 0.746. The highest BCUT2D eigenvalue weighted by molar-refractivity contribution is 5.95. The van der Waals surface area contributed by atoms with Crippen LogP contribution in [0.5, 0.6) is 11.5 Å². The third-order valence-corrected chi connectivity index (χ3v) is 3.64. The van der Waals surface area contributed by atoms with Crippen LogP contribution in [0.15, 0.2) is 54.6 Å². The molecule has 0 bridgehead atoms. The van der Waals surface area contributed by atoms with Crippen LogP contribution in [0.1, 0.15) is 25.0 Å². The summed E-state index contributed by atoms with van der Waals surface area (Å²) in [4.78, 5) is 12.5. The molecule has 2 aromatic carbocycles. The van der Waals surface area contributed by atoms with E-state index in [2.05, 4.69) is 11.9 Å². The minimum absolute atomic E-state index is 0.229. The predicted octanol–water partition coefficient (Wildman–Crippen LogP) is 4.66.